The van der Waals surface area contributed by atoms with Crippen LogP contribution >= 0.6 is 12.8 Å². The number of carbonyl (C=O) groups excluding carboxylic acids is 1. The average Bonchev–Trinajstić information content (AvgIpc) is 2.48. The molecule has 0 saturated heterocycles. The summed E-state index contributed by atoms with van der Waals surface area (Å²) in [4.78, 5) is 12.0. The van der Waals surface area contributed by atoms with Crippen LogP contribution in [0.4, 0.5) is 14.9 Å². The highest BCUT2D eigenvalue weighted by Gasteiger charge is 2.19. The normalized spacial score (nSPS) is 15.9. The number of phenolic OH excluding ortho intramolecular Hbond substituents is 1. The number of hydrogen-bond acceptors (Lipinski definition) is 3. The van der Waals surface area contributed by atoms with E-state index in [9.17, 15) is 14.3 Å². The van der Waals surface area contributed by atoms with Gasteiger partial charge in [0.25, 0.3) is 0 Å². The van der Waals surface area contributed by atoms with Crippen molar-refractivity contribution in [2.45, 2.75) is 32.1 Å². The molecule has 0 bridgehead atoms. The molecule has 4 nitrogen and oxygen atoms in total. The smallest absolute Gasteiger partial charge is 0.332 e. The summed E-state index contributed by atoms with van der Waals surface area (Å²) in [5, 5.41) is 12.4. The summed E-state index contributed by atoms with van der Waals surface area (Å²) in [7, 11) is 0. The van der Waals surface area contributed by atoms with Gasteiger partial charge in [-0.2, -0.15) is 0 Å². The maximum Gasteiger partial charge on any atom is 0.332 e. The predicted molar refractivity (Wildman–Crippen MR) is 79.5 cm³/mol. The zero-order valence-corrected chi connectivity index (χ0v) is 12.1. The first-order valence-electron chi connectivity index (χ1n) is 6.84. The molecular formula is C14H19FN2O2S. The lowest BCUT2D eigenvalue weighted by atomic mass is 9.89. The van der Waals surface area contributed by atoms with E-state index in [1.807, 2.05) is 0 Å². The highest BCUT2D eigenvalue weighted by atomic mass is 32.1. The molecule has 0 atom stereocenters. The van der Waals surface area contributed by atoms with Gasteiger partial charge in [-0.1, -0.05) is 38.1 Å². The topological polar surface area (TPSA) is 52.6 Å². The Balaban J connectivity index is 1.92. The van der Waals surface area contributed by atoms with E-state index in [0.29, 0.717) is 12.5 Å². The van der Waals surface area contributed by atoms with Crippen molar-refractivity contribution in [2.24, 2.45) is 5.92 Å². The molecule has 2 amide bonds. The Bertz CT molecular complexity index is 478. The summed E-state index contributed by atoms with van der Waals surface area (Å²) in [6.07, 6.45) is 5.92. The lowest BCUT2D eigenvalue weighted by molar-refractivity contribution is 0.245. The van der Waals surface area contributed by atoms with Gasteiger partial charge in [-0.05, 0) is 30.9 Å². The molecule has 1 fully saturated rings. The summed E-state index contributed by atoms with van der Waals surface area (Å²) in [5.41, 5.74) is 0.0366. The van der Waals surface area contributed by atoms with E-state index in [1.165, 1.54) is 31.4 Å². The van der Waals surface area contributed by atoms with Gasteiger partial charge in [0.1, 0.15) is 5.69 Å². The number of thiol groups is 1. The molecule has 6 heteroatoms. The number of carbonyl (C=O) groups is 1. The van der Waals surface area contributed by atoms with Crippen molar-refractivity contribution in [1.82, 2.24) is 5.32 Å². The highest BCUT2D eigenvalue weighted by molar-refractivity contribution is 7.82. The van der Waals surface area contributed by atoms with Crippen molar-refractivity contribution < 1.29 is 14.3 Å². The molecule has 0 spiro atoms. The van der Waals surface area contributed by atoms with E-state index in [4.69, 9.17) is 0 Å². The molecular weight excluding hydrogens is 279 g/mol. The molecule has 1 saturated carbocycles. The Kier molecular flexibility index (Phi) is 5.11. The van der Waals surface area contributed by atoms with Crippen LogP contribution < -0.4 is 9.62 Å². The lowest BCUT2D eigenvalue weighted by Gasteiger charge is -2.23. The third-order valence-electron chi connectivity index (χ3n) is 3.65. The maximum atomic E-state index is 13.2. The van der Waals surface area contributed by atoms with Crippen LogP contribution in [0.3, 0.4) is 0 Å². The Morgan fingerprint density at radius 2 is 2.10 bits per heavy atom. The van der Waals surface area contributed by atoms with Gasteiger partial charge in [-0.15, -0.1) is 0 Å². The SMILES string of the molecule is O=C(NCC1CCCCC1)N(S)c1cccc(F)c1O. The molecule has 0 unspecified atom stereocenters. The number of aromatic hydroxyl groups is 1. The van der Waals surface area contributed by atoms with Crippen molar-refractivity contribution in [3.05, 3.63) is 24.0 Å². The van der Waals surface area contributed by atoms with E-state index >= 15 is 0 Å². The van der Waals surface area contributed by atoms with E-state index in [-0.39, 0.29) is 5.69 Å². The van der Waals surface area contributed by atoms with Crippen molar-refractivity contribution >= 4 is 24.5 Å². The number of hydrogen-bond donors (Lipinski definition) is 3. The molecule has 0 aromatic heterocycles. The predicted octanol–water partition coefficient (Wildman–Crippen LogP) is 3.47. The number of nitrogens with zero attached hydrogens (tertiary/aromatic N) is 1. The largest absolute Gasteiger partial charge is 0.503 e. The number of urea groups is 1. The Morgan fingerprint density at radius 3 is 2.80 bits per heavy atom. The van der Waals surface area contributed by atoms with Crippen molar-refractivity contribution in [3.63, 3.8) is 0 Å². The molecule has 1 aromatic carbocycles. The van der Waals surface area contributed by atoms with Crippen molar-refractivity contribution in [2.75, 3.05) is 10.8 Å². The second-order valence-electron chi connectivity index (χ2n) is 5.11. The Morgan fingerprint density at radius 1 is 1.40 bits per heavy atom. The van der Waals surface area contributed by atoms with Gasteiger partial charge in [-0.25, -0.2) is 13.5 Å². The molecule has 0 heterocycles. The van der Waals surface area contributed by atoms with Gasteiger partial charge in [-0.3, -0.25) is 0 Å². The quantitative estimate of drug-likeness (QED) is 0.748. The second kappa shape index (κ2) is 6.83. The van der Waals surface area contributed by atoms with Crippen LogP contribution in [-0.2, 0) is 0 Å². The van der Waals surface area contributed by atoms with Crippen LogP contribution in [-0.4, -0.2) is 17.7 Å². The Hall–Kier alpha value is -1.43. The number of rotatable bonds is 3. The third kappa shape index (κ3) is 3.56. The summed E-state index contributed by atoms with van der Waals surface area (Å²) in [6, 6.07) is 3.52. The molecule has 20 heavy (non-hydrogen) atoms. The van der Waals surface area contributed by atoms with E-state index in [2.05, 4.69) is 18.1 Å². The van der Waals surface area contributed by atoms with E-state index < -0.39 is 17.6 Å². The van der Waals surface area contributed by atoms with E-state index in [0.717, 1.165) is 23.2 Å². The molecule has 1 aromatic rings. The third-order valence-corrected chi connectivity index (χ3v) is 4.05. The highest BCUT2D eigenvalue weighted by Crippen LogP contribution is 2.31. The average molecular weight is 298 g/mol. The van der Waals surface area contributed by atoms with Gasteiger partial charge < -0.3 is 10.4 Å². The molecule has 1 aliphatic rings. The van der Waals surface area contributed by atoms with Gasteiger partial charge in [0, 0.05) is 6.54 Å². The fraction of sp³-hybridized carbons (Fsp3) is 0.500. The van der Waals surface area contributed by atoms with Crippen LogP contribution in [0.2, 0.25) is 0 Å². The molecule has 1 aliphatic carbocycles. The fourth-order valence-electron chi connectivity index (χ4n) is 2.48. The minimum atomic E-state index is -0.776. The number of nitrogens with one attached hydrogen (secondary N) is 1. The molecule has 2 rings (SSSR count). The van der Waals surface area contributed by atoms with Crippen LogP contribution in [0.15, 0.2) is 18.2 Å². The number of halogens is 1. The first-order chi connectivity index (χ1) is 9.59. The summed E-state index contributed by atoms with van der Waals surface area (Å²) in [6.45, 7) is 0.589. The first kappa shape index (κ1) is 15.0. The minimum Gasteiger partial charge on any atom is -0.503 e. The summed E-state index contributed by atoms with van der Waals surface area (Å²) < 4.78 is 14.2. The number of amides is 2. The lowest BCUT2D eigenvalue weighted by Crippen LogP contribution is -2.37. The molecule has 0 radical (unpaired) electrons. The first-order valence-corrected chi connectivity index (χ1v) is 7.24. The van der Waals surface area contributed by atoms with E-state index in [1.54, 1.807) is 0 Å². The molecule has 0 aliphatic heterocycles. The van der Waals surface area contributed by atoms with Crippen LogP contribution in [0.1, 0.15) is 32.1 Å². The van der Waals surface area contributed by atoms with Crippen LogP contribution in [0, 0.1) is 11.7 Å². The molecule has 110 valence electrons. The maximum absolute atomic E-state index is 13.2. The van der Waals surface area contributed by atoms with Crippen LogP contribution in [0.5, 0.6) is 5.75 Å². The second-order valence-corrected chi connectivity index (χ2v) is 5.51. The number of benzene rings is 1. The number of phenols is 1. The molecule has 2 N–H and O–H groups in total. The van der Waals surface area contributed by atoms with Gasteiger partial charge in [0.05, 0.1) is 0 Å². The summed E-state index contributed by atoms with van der Waals surface area (Å²) >= 11 is 4.02. The number of para-hydroxylation sites is 1. The fourth-order valence-corrected chi connectivity index (χ4v) is 2.71. The Labute approximate surface area is 123 Å². The standard InChI is InChI=1S/C14H19FN2O2S/c15-11-7-4-8-12(13(11)18)17(20)14(19)16-9-10-5-2-1-3-6-10/h4,7-8,10,18,20H,1-3,5-6,9H2,(H,16,19). The van der Waals surface area contributed by atoms with Gasteiger partial charge >= 0.3 is 6.03 Å². The zero-order valence-electron chi connectivity index (χ0n) is 11.2. The number of anilines is 1. The monoisotopic (exact) mass is 298 g/mol. The van der Waals surface area contributed by atoms with Gasteiger partial charge in [0.15, 0.2) is 11.6 Å². The zero-order chi connectivity index (χ0) is 14.5. The van der Waals surface area contributed by atoms with Gasteiger partial charge in [0.2, 0.25) is 0 Å². The van der Waals surface area contributed by atoms with Crippen LogP contribution in [0.25, 0.3) is 0 Å². The van der Waals surface area contributed by atoms with Crippen molar-refractivity contribution in [3.8, 4) is 5.75 Å². The minimum absolute atomic E-state index is 0.0366. The van der Waals surface area contributed by atoms with Crippen molar-refractivity contribution in [1.29, 1.82) is 0 Å². The summed E-state index contributed by atoms with van der Waals surface area (Å²) in [5.74, 6) is -0.854.